The van der Waals surface area contributed by atoms with Crippen molar-refractivity contribution in [1.82, 2.24) is 10.2 Å². The summed E-state index contributed by atoms with van der Waals surface area (Å²) in [4.78, 5) is 12.1. The minimum Gasteiger partial charge on any atom is -0.403 e. The number of carbonyl (C=O) groups excluding carboxylic acids is 1. The molecule has 0 bridgehead atoms. The Labute approximate surface area is 161 Å². The number of hydrogen-bond donors (Lipinski definition) is 1. The van der Waals surface area contributed by atoms with Gasteiger partial charge in [0.15, 0.2) is 9.84 Å². The first-order chi connectivity index (χ1) is 12.7. The minimum absolute atomic E-state index is 0.00338. The Morgan fingerprint density at radius 1 is 1.11 bits per heavy atom. The van der Waals surface area contributed by atoms with Gasteiger partial charge in [0.05, 0.1) is 4.90 Å². The van der Waals surface area contributed by atoms with E-state index in [1.54, 1.807) is 0 Å². The molecule has 27 heavy (non-hydrogen) atoms. The number of aromatic nitrogens is 2. The second kappa shape index (κ2) is 7.50. The quantitative estimate of drug-likeness (QED) is 0.697. The summed E-state index contributed by atoms with van der Waals surface area (Å²) >= 11 is 5.75. The average molecular weight is 406 g/mol. The van der Waals surface area contributed by atoms with E-state index in [9.17, 15) is 13.2 Å². The zero-order chi connectivity index (χ0) is 19.6. The Hall–Kier alpha value is -2.71. The maximum absolute atomic E-state index is 12.3. The normalized spacial score (nSPS) is 11.4. The fraction of sp³-hybridized carbons (Fsp3) is 0.167. The van der Waals surface area contributed by atoms with Crippen LogP contribution in [0.1, 0.15) is 11.1 Å². The fourth-order valence-electron chi connectivity index (χ4n) is 2.40. The summed E-state index contributed by atoms with van der Waals surface area (Å²) in [6, 6.07) is 11.2. The molecule has 3 aromatic rings. The van der Waals surface area contributed by atoms with Gasteiger partial charge in [-0.05, 0) is 49.7 Å². The van der Waals surface area contributed by atoms with Crippen LogP contribution in [0.5, 0.6) is 0 Å². The summed E-state index contributed by atoms with van der Waals surface area (Å²) in [5.74, 6) is -1.29. The molecule has 0 unspecified atom stereocenters. The number of nitrogens with zero attached hydrogens (tertiary/aromatic N) is 2. The van der Waals surface area contributed by atoms with E-state index in [2.05, 4.69) is 15.5 Å². The van der Waals surface area contributed by atoms with E-state index in [-0.39, 0.29) is 16.8 Å². The molecule has 1 heterocycles. The molecule has 1 amide bonds. The first kappa shape index (κ1) is 19.1. The molecule has 0 radical (unpaired) electrons. The molecule has 0 aliphatic rings. The zero-order valence-electron chi connectivity index (χ0n) is 14.6. The molecule has 1 N–H and O–H groups in total. The van der Waals surface area contributed by atoms with E-state index in [4.69, 9.17) is 16.0 Å². The van der Waals surface area contributed by atoms with Crippen LogP contribution in [0.4, 0.5) is 6.01 Å². The van der Waals surface area contributed by atoms with Crippen molar-refractivity contribution >= 4 is 33.4 Å². The van der Waals surface area contributed by atoms with Gasteiger partial charge in [-0.1, -0.05) is 34.4 Å². The van der Waals surface area contributed by atoms with Crippen molar-refractivity contribution in [2.75, 3.05) is 11.1 Å². The molecule has 0 saturated carbocycles. The molecule has 0 aliphatic carbocycles. The number of aryl methyl sites for hydroxylation is 2. The molecule has 0 spiro atoms. The third kappa shape index (κ3) is 4.53. The van der Waals surface area contributed by atoms with Crippen molar-refractivity contribution in [3.05, 3.63) is 58.6 Å². The van der Waals surface area contributed by atoms with Crippen LogP contribution >= 0.6 is 11.6 Å². The lowest BCUT2D eigenvalue weighted by atomic mass is 10.1. The predicted molar refractivity (Wildman–Crippen MR) is 101 cm³/mol. The van der Waals surface area contributed by atoms with Crippen molar-refractivity contribution in [2.45, 2.75) is 18.7 Å². The van der Waals surface area contributed by atoms with Crippen LogP contribution in [0, 0.1) is 13.8 Å². The monoisotopic (exact) mass is 405 g/mol. The van der Waals surface area contributed by atoms with Gasteiger partial charge in [0.2, 0.25) is 11.8 Å². The molecule has 7 nitrogen and oxygen atoms in total. The van der Waals surface area contributed by atoms with Crippen molar-refractivity contribution in [3.63, 3.8) is 0 Å². The van der Waals surface area contributed by atoms with E-state index in [0.29, 0.717) is 5.02 Å². The van der Waals surface area contributed by atoms with Crippen molar-refractivity contribution in [3.8, 4) is 11.5 Å². The summed E-state index contributed by atoms with van der Waals surface area (Å²) in [7, 11) is -3.81. The molecule has 1 aromatic heterocycles. The number of sulfone groups is 1. The average Bonchev–Trinajstić information content (AvgIpc) is 3.05. The highest BCUT2D eigenvalue weighted by molar-refractivity contribution is 7.92. The zero-order valence-corrected chi connectivity index (χ0v) is 16.1. The lowest BCUT2D eigenvalue weighted by Crippen LogP contribution is -2.23. The summed E-state index contributed by atoms with van der Waals surface area (Å²) in [5, 5.41) is 10.4. The lowest BCUT2D eigenvalue weighted by molar-refractivity contribution is -0.114. The number of halogens is 1. The van der Waals surface area contributed by atoms with E-state index >= 15 is 0 Å². The van der Waals surface area contributed by atoms with Crippen LogP contribution in [0.3, 0.4) is 0 Å². The van der Waals surface area contributed by atoms with Gasteiger partial charge in [-0.3, -0.25) is 10.1 Å². The number of benzene rings is 2. The number of amides is 1. The summed E-state index contributed by atoms with van der Waals surface area (Å²) in [6.07, 6.45) is 0. The van der Waals surface area contributed by atoms with Crippen molar-refractivity contribution < 1.29 is 17.6 Å². The van der Waals surface area contributed by atoms with Crippen LogP contribution in [-0.4, -0.2) is 30.3 Å². The van der Waals surface area contributed by atoms with E-state index < -0.39 is 21.5 Å². The topological polar surface area (TPSA) is 102 Å². The van der Waals surface area contributed by atoms with Gasteiger partial charge in [-0.25, -0.2) is 8.42 Å². The second-order valence-electron chi connectivity index (χ2n) is 5.99. The second-order valence-corrected chi connectivity index (χ2v) is 8.42. The number of rotatable bonds is 5. The van der Waals surface area contributed by atoms with Crippen LogP contribution in [-0.2, 0) is 14.6 Å². The van der Waals surface area contributed by atoms with E-state index in [0.717, 1.165) is 16.7 Å². The smallest absolute Gasteiger partial charge is 0.322 e. The van der Waals surface area contributed by atoms with Gasteiger partial charge >= 0.3 is 6.01 Å². The first-order valence-electron chi connectivity index (χ1n) is 7.94. The van der Waals surface area contributed by atoms with Gasteiger partial charge in [0, 0.05) is 10.6 Å². The molecule has 9 heteroatoms. The number of carbonyl (C=O) groups is 1. The molecule has 2 aromatic carbocycles. The molecular formula is C18H16ClN3O4S. The third-order valence-corrected chi connectivity index (χ3v) is 5.67. The Kier molecular flexibility index (Phi) is 5.29. The standard InChI is InChI=1S/C18H16ClN3O4S/c1-11-3-4-12(2)15(9-11)17-21-22-18(26-17)20-16(23)10-27(24,25)14-7-5-13(19)6-8-14/h3-9H,10H2,1-2H3,(H,20,22,23). The third-order valence-electron chi connectivity index (χ3n) is 3.79. The van der Waals surface area contributed by atoms with Crippen LogP contribution in [0.15, 0.2) is 51.8 Å². The Bertz CT molecular complexity index is 1090. The lowest BCUT2D eigenvalue weighted by Gasteiger charge is -2.04. The van der Waals surface area contributed by atoms with Gasteiger partial charge in [0.25, 0.3) is 0 Å². The SMILES string of the molecule is Cc1ccc(C)c(-c2nnc(NC(=O)CS(=O)(=O)c3ccc(Cl)cc3)o2)c1. The van der Waals surface area contributed by atoms with Crippen molar-refractivity contribution in [1.29, 1.82) is 0 Å². The van der Waals surface area contributed by atoms with Crippen molar-refractivity contribution in [2.24, 2.45) is 0 Å². The largest absolute Gasteiger partial charge is 0.403 e. The Balaban J connectivity index is 1.73. The summed E-state index contributed by atoms with van der Waals surface area (Å²) in [6.45, 7) is 3.83. The summed E-state index contributed by atoms with van der Waals surface area (Å²) in [5.41, 5.74) is 2.71. The number of nitrogens with one attached hydrogen (secondary N) is 1. The van der Waals surface area contributed by atoms with Gasteiger partial charge < -0.3 is 4.42 Å². The molecule has 0 atom stereocenters. The van der Waals surface area contributed by atoms with Crippen LogP contribution < -0.4 is 5.32 Å². The maximum atomic E-state index is 12.3. The Morgan fingerprint density at radius 2 is 1.81 bits per heavy atom. The van der Waals surface area contributed by atoms with E-state index in [1.165, 1.54) is 24.3 Å². The molecule has 0 fully saturated rings. The highest BCUT2D eigenvalue weighted by Gasteiger charge is 2.21. The number of anilines is 1. The molecular weight excluding hydrogens is 390 g/mol. The molecule has 0 aliphatic heterocycles. The van der Waals surface area contributed by atoms with Gasteiger partial charge in [-0.15, -0.1) is 5.10 Å². The summed E-state index contributed by atoms with van der Waals surface area (Å²) < 4.78 is 30.0. The number of hydrogen-bond acceptors (Lipinski definition) is 6. The highest BCUT2D eigenvalue weighted by Crippen LogP contribution is 2.24. The maximum Gasteiger partial charge on any atom is 0.322 e. The molecule has 140 valence electrons. The highest BCUT2D eigenvalue weighted by atomic mass is 35.5. The van der Waals surface area contributed by atoms with Gasteiger partial charge in [0.1, 0.15) is 5.75 Å². The predicted octanol–water partition coefficient (Wildman–Crippen LogP) is 3.42. The van der Waals surface area contributed by atoms with Gasteiger partial charge in [-0.2, -0.15) is 0 Å². The molecule has 0 saturated heterocycles. The molecule has 3 rings (SSSR count). The first-order valence-corrected chi connectivity index (χ1v) is 9.97. The van der Waals surface area contributed by atoms with E-state index in [1.807, 2.05) is 32.0 Å². The fourth-order valence-corrected chi connectivity index (χ4v) is 3.66. The van der Waals surface area contributed by atoms with Crippen LogP contribution in [0.25, 0.3) is 11.5 Å². The van der Waals surface area contributed by atoms with Crippen LogP contribution in [0.2, 0.25) is 5.02 Å². The minimum atomic E-state index is -3.81. The Morgan fingerprint density at radius 3 is 2.52 bits per heavy atom.